The van der Waals surface area contributed by atoms with Crippen LogP contribution in [0, 0.1) is 11.8 Å². The third-order valence-electron chi connectivity index (χ3n) is 4.77. The molecule has 1 aromatic rings. The number of hydrogen-bond donors (Lipinski definition) is 1. The molecule has 7 heteroatoms. The zero-order valence-electron chi connectivity index (χ0n) is 16.5. The van der Waals surface area contributed by atoms with Crippen molar-refractivity contribution in [2.24, 2.45) is 11.8 Å². The number of nitrogens with zero attached hydrogens (tertiary/aromatic N) is 1. The van der Waals surface area contributed by atoms with Crippen molar-refractivity contribution in [1.29, 1.82) is 0 Å². The fourth-order valence-corrected chi connectivity index (χ4v) is 3.10. The summed E-state index contributed by atoms with van der Waals surface area (Å²) in [5.41, 5.74) is 1.54. The van der Waals surface area contributed by atoms with Gasteiger partial charge in [-0.15, -0.1) is 0 Å². The molecule has 1 aromatic carbocycles. The van der Waals surface area contributed by atoms with E-state index in [0.29, 0.717) is 44.7 Å². The van der Waals surface area contributed by atoms with Crippen LogP contribution in [-0.2, 0) is 30.3 Å². The Balaban J connectivity index is 1.78. The molecule has 0 radical (unpaired) electrons. The van der Waals surface area contributed by atoms with Crippen LogP contribution in [0.25, 0.3) is 0 Å². The first-order valence-electron chi connectivity index (χ1n) is 9.68. The van der Waals surface area contributed by atoms with Crippen molar-refractivity contribution >= 4 is 29.7 Å². The minimum absolute atomic E-state index is 0.0762. The lowest BCUT2D eigenvalue weighted by Crippen LogP contribution is -2.31. The number of benzene rings is 1. The van der Waals surface area contributed by atoms with Crippen molar-refractivity contribution < 1.29 is 23.9 Å². The van der Waals surface area contributed by atoms with Gasteiger partial charge >= 0.3 is 0 Å². The van der Waals surface area contributed by atoms with Crippen molar-refractivity contribution in [2.75, 3.05) is 24.7 Å². The number of amides is 3. The number of nitrogens with one attached hydrogen (secondary N) is 1. The summed E-state index contributed by atoms with van der Waals surface area (Å²) in [6, 6.07) is 7.20. The molecule has 1 saturated heterocycles. The molecular formula is C21H28N2O5. The lowest BCUT2D eigenvalue weighted by Gasteiger charge is -2.16. The van der Waals surface area contributed by atoms with Crippen LogP contribution in [0.4, 0.5) is 5.69 Å². The Hall–Kier alpha value is -2.54. The molecule has 1 aliphatic heterocycles. The lowest BCUT2D eigenvalue weighted by molar-refractivity contribution is -0.123. The van der Waals surface area contributed by atoms with E-state index in [4.69, 9.17) is 4.74 Å². The van der Waals surface area contributed by atoms with Gasteiger partial charge in [-0.05, 0) is 30.0 Å². The van der Waals surface area contributed by atoms with Crippen LogP contribution >= 0.6 is 0 Å². The van der Waals surface area contributed by atoms with Crippen molar-refractivity contribution in [3.63, 3.8) is 0 Å². The van der Waals surface area contributed by atoms with Gasteiger partial charge in [-0.25, -0.2) is 0 Å². The maximum atomic E-state index is 12.5. The van der Waals surface area contributed by atoms with E-state index in [-0.39, 0.29) is 36.0 Å². The van der Waals surface area contributed by atoms with Crippen molar-refractivity contribution in [1.82, 2.24) is 5.32 Å². The summed E-state index contributed by atoms with van der Waals surface area (Å²) in [7, 11) is 0. The average molecular weight is 388 g/mol. The first-order valence-corrected chi connectivity index (χ1v) is 9.68. The zero-order valence-corrected chi connectivity index (χ0v) is 16.5. The largest absolute Gasteiger partial charge is 0.379 e. The van der Waals surface area contributed by atoms with E-state index in [1.54, 1.807) is 12.1 Å². The fraction of sp³-hybridized carbons (Fsp3) is 0.524. The summed E-state index contributed by atoms with van der Waals surface area (Å²) in [5, 5.41) is 2.76. The third kappa shape index (κ3) is 5.99. The molecule has 1 N–H and O–H groups in total. The van der Waals surface area contributed by atoms with Crippen LogP contribution in [0.3, 0.4) is 0 Å². The quantitative estimate of drug-likeness (QED) is 0.355. The predicted molar refractivity (Wildman–Crippen MR) is 105 cm³/mol. The number of carbonyl (C=O) groups excluding carboxylic acids is 4. The van der Waals surface area contributed by atoms with Gasteiger partial charge in [0.15, 0.2) is 0 Å². The number of hydrogen-bond acceptors (Lipinski definition) is 5. The topological polar surface area (TPSA) is 92.8 Å². The van der Waals surface area contributed by atoms with Crippen LogP contribution in [0.2, 0.25) is 0 Å². The van der Waals surface area contributed by atoms with E-state index in [1.165, 1.54) is 4.90 Å². The number of anilines is 1. The van der Waals surface area contributed by atoms with Gasteiger partial charge in [-0.1, -0.05) is 26.0 Å². The first kappa shape index (κ1) is 21.8. The summed E-state index contributed by atoms with van der Waals surface area (Å²) < 4.78 is 5.18. The second-order valence-electron chi connectivity index (χ2n) is 7.21. The highest BCUT2D eigenvalue weighted by Crippen LogP contribution is 2.30. The molecule has 1 aliphatic rings. The van der Waals surface area contributed by atoms with Crippen molar-refractivity contribution in [3.05, 3.63) is 29.8 Å². The van der Waals surface area contributed by atoms with Crippen molar-refractivity contribution in [3.8, 4) is 0 Å². The highest BCUT2D eigenvalue weighted by atomic mass is 16.5. The van der Waals surface area contributed by atoms with E-state index >= 15 is 0 Å². The standard InChI is InChI=1S/C21H28N2O5/c1-15(2)18-14-20(26)23(21(18)27)17-7-4-16(5-8-17)6-9-19(25)22-10-13-28-12-3-11-24/h4-5,7-8,11,15,18H,3,6,9-10,12-14H2,1-2H3,(H,22,25). The van der Waals surface area contributed by atoms with Gasteiger partial charge in [0, 0.05) is 25.8 Å². The minimum atomic E-state index is -0.252. The van der Waals surface area contributed by atoms with Crippen LogP contribution in [0.5, 0.6) is 0 Å². The maximum Gasteiger partial charge on any atom is 0.237 e. The zero-order chi connectivity index (χ0) is 20.5. The lowest BCUT2D eigenvalue weighted by atomic mass is 9.94. The van der Waals surface area contributed by atoms with E-state index in [9.17, 15) is 19.2 Å². The molecular weight excluding hydrogens is 360 g/mol. The van der Waals surface area contributed by atoms with E-state index in [1.807, 2.05) is 26.0 Å². The second-order valence-corrected chi connectivity index (χ2v) is 7.21. The Morgan fingerprint density at radius 1 is 1.25 bits per heavy atom. The molecule has 2 rings (SSSR count). The van der Waals surface area contributed by atoms with Crippen LogP contribution in [0.15, 0.2) is 24.3 Å². The molecule has 0 aliphatic carbocycles. The van der Waals surface area contributed by atoms with Crippen molar-refractivity contribution in [2.45, 2.75) is 39.5 Å². The smallest absolute Gasteiger partial charge is 0.237 e. The molecule has 0 saturated carbocycles. The number of aldehydes is 1. The Morgan fingerprint density at radius 3 is 2.57 bits per heavy atom. The van der Waals surface area contributed by atoms with Crippen LogP contribution in [-0.4, -0.2) is 43.8 Å². The number of carbonyl (C=O) groups is 4. The van der Waals surface area contributed by atoms with Crippen LogP contribution in [0.1, 0.15) is 38.7 Å². The van der Waals surface area contributed by atoms with E-state index in [2.05, 4.69) is 5.32 Å². The highest BCUT2D eigenvalue weighted by Gasteiger charge is 2.40. The van der Waals surface area contributed by atoms with Gasteiger partial charge in [0.2, 0.25) is 17.7 Å². The molecule has 1 heterocycles. The van der Waals surface area contributed by atoms with Gasteiger partial charge in [-0.2, -0.15) is 0 Å². The summed E-state index contributed by atoms with van der Waals surface area (Å²) >= 11 is 0. The van der Waals surface area contributed by atoms with Gasteiger partial charge < -0.3 is 14.8 Å². The average Bonchev–Trinajstić information content (AvgIpc) is 2.98. The van der Waals surface area contributed by atoms with Gasteiger partial charge in [-0.3, -0.25) is 19.3 Å². The van der Waals surface area contributed by atoms with Gasteiger partial charge in [0.05, 0.1) is 24.8 Å². The molecule has 28 heavy (non-hydrogen) atoms. The molecule has 3 amide bonds. The number of imide groups is 1. The molecule has 152 valence electrons. The SMILES string of the molecule is CC(C)C1CC(=O)N(c2ccc(CCC(=O)NCCOCCC=O)cc2)C1=O. The predicted octanol–water partition coefficient (Wildman–Crippen LogP) is 1.88. The number of aryl methyl sites for hydroxylation is 1. The van der Waals surface area contributed by atoms with E-state index < -0.39 is 0 Å². The van der Waals surface area contributed by atoms with E-state index in [0.717, 1.165) is 11.8 Å². The third-order valence-corrected chi connectivity index (χ3v) is 4.77. The Labute approximate surface area is 165 Å². The molecule has 1 unspecified atom stereocenters. The first-order chi connectivity index (χ1) is 13.4. The highest BCUT2D eigenvalue weighted by molar-refractivity contribution is 6.21. The minimum Gasteiger partial charge on any atom is -0.379 e. The number of rotatable bonds is 11. The number of ether oxygens (including phenoxy) is 1. The van der Waals surface area contributed by atoms with Gasteiger partial charge in [0.25, 0.3) is 0 Å². The monoisotopic (exact) mass is 388 g/mol. The Bertz CT molecular complexity index is 699. The molecule has 0 spiro atoms. The summed E-state index contributed by atoms with van der Waals surface area (Å²) in [6.07, 6.45) is 2.31. The Kier molecular flexibility index (Phi) is 8.32. The molecule has 0 aromatic heterocycles. The normalized spacial score (nSPS) is 16.7. The fourth-order valence-electron chi connectivity index (χ4n) is 3.10. The summed E-state index contributed by atoms with van der Waals surface area (Å²) in [5.74, 6) is -0.491. The molecule has 1 atom stereocenters. The summed E-state index contributed by atoms with van der Waals surface area (Å²) in [4.78, 5) is 47.9. The Morgan fingerprint density at radius 2 is 1.96 bits per heavy atom. The maximum absolute atomic E-state index is 12.5. The van der Waals surface area contributed by atoms with Gasteiger partial charge in [0.1, 0.15) is 6.29 Å². The van der Waals surface area contributed by atoms with Crippen LogP contribution < -0.4 is 10.2 Å². The molecule has 0 bridgehead atoms. The molecule has 7 nitrogen and oxygen atoms in total. The molecule has 1 fully saturated rings. The summed E-state index contributed by atoms with van der Waals surface area (Å²) in [6.45, 7) is 5.05. The second kappa shape index (κ2) is 10.7.